The van der Waals surface area contributed by atoms with Crippen LogP contribution in [0.15, 0.2) is 18.2 Å². The SMILES string of the molecule is COc1ccc(C=O)cc1OCC(C)CC(C)C. The van der Waals surface area contributed by atoms with E-state index in [1.54, 1.807) is 25.3 Å². The molecule has 0 radical (unpaired) electrons. The summed E-state index contributed by atoms with van der Waals surface area (Å²) in [7, 11) is 1.60. The Hall–Kier alpha value is -1.51. The number of benzene rings is 1. The quantitative estimate of drug-likeness (QED) is 0.694. The van der Waals surface area contributed by atoms with Crippen LogP contribution in [0, 0.1) is 11.8 Å². The first kappa shape index (κ1) is 14.6. The Morgan fingerprint density at radius 3 is 2.50 bits per heavy atom. The van der Waals surface area contributed by atoms with Gasteiger partial charge in [0.15, 0.2) is 11.5 Å². The van der Waals surface area contributed by atoms with Gasteiger partial charge in [-0.3, -0.25) is 4.79 Å². The number of methoxy groups -OCH3 is 1. The molecule has 0 spiro atoms. The average molecular weight is 250 g/mol. The van der Waals surface area contributed by atoms with Gasteiger partial charge in [0, 0.05) is 5.56 Å². The van der Waals surface area contributed by atoms with Gasteiger partial charge in [0.1, 0.15) is 6.29 Å². The molecule has 0 N–H and O–H groups in total. The molecule has 0 bridgehead atoms. The van der Waals surface area contributed by atoms with Crippen molar-refractivity contribution in [3.05, 3.63) is 23.8 Å². The molecule has 1 unspecified atom stereocenters. The summed E-state index contributed by atoms with van der Waals surface area (Å²) in [4.78, 5) is 10.7. The molecule has 0 aliphatic rings. The molecule has 3 heteroatoms. The van der Waals surface area contributed by atoms with Crippen LogP contribution in [-0.2, 0) is 0 Å². The Morgan fingerprint density at radius 1 is 1.22 bits per heavy atom. The number of ether oxygens (including phenoxy) is 2. The van der Waals surface area contributed by atoms with Crippen molar-refractivity contribution in [2.24, 2.45) is 11.8 Å². The van der Waals surface area contributed by atoms with E-state index in [9.17, 15) is 4.79 Å². The first-order valence-corrected chi connectivity index (χ1v) is 6.32. The van der Waals surface area contributed by atoms with E-state index in [-0.39, 0.29) is 0 Å². The van der Waals surface area contributed by atoms with Crippen molar-refractivity contribution in [3.8, 4) is 11.5 Å². The van der Waals surface area contributed by atoms with Crippen LogP contribution in [0.25, 0.3) is 0 Å². The van der Waals surface area contributed by atoms with Crippen molar-refractivity contribution >= 4 is 6.29 Å². The lowest BCUT2D eigenvalue weighted by atomic mass is 10.00. The molecule has 18 heavy (non-hydrogen) atoms. The lowest BCUT2D eigenvalue weighted by Gasteiger charge is -2.16. The average Bonchev–Trinajstić information content (AvgIpc) is 2.35. The third kappa shape index (κ3) is 4.40. The number of carbonyl (C=O) groups is 1. The molecular weight excluding hydrogens is 228 g/mol. The summed E-state index contributed by atoms with van der Waals surface area (Å²) in [6.45, 7) is 7.20. The molecule has 1 atom stereocenters. The zero-order chi connectivity index (χ0) is 13.5. The lowest BCUT2D eigenvalue weighted by molar-refractivity contribution is 0.112. The van der Waals surface area contributed by atoms with E-state index >= 15 is 0 Å². The molecule has 1 rings (SSSR count). The fraction of sp³-hybridized carbons (Fsp3) is 0.533. The zero-order valence-electron chi connectivity index (χ0n) is 11.6. The smallest absolute Gasteiger partial charge is 0.161 e. The minimum atomic E-state index is 0.481. The van der Waals surface area contributed by atoms with Gasteiger partial charge in [0.25, 0.3) is 0 Å². The molecular formula is C15H22O3. The second-order valence-corrected chi connectivity index (χ2v) is 5.07. The van der Waals surface area contributed by atoms with Crippen molar-refractivity contribution in [2.45, 2.75) is 27.2 Å². The fourth-order valence-corrected chi connectivity index (χ4v) is 1.98. The number of aldehydes is 1. The Labute approximate surface area is 109 Å². The Kier molecular flexibility index (Phi) is 5.69. The zero-order valence-corrected chi connectivity index (χ0v) is 11.6. The summed E-state index contributed by atoms with van der Waals surface area (Å²) >= 11 is 0. The normalized spacial score (nSPS) is 12.3. The van der Waals surface area contributed by atoms with Gasteiger partial charge in [-0.1, -0.05) is 20.8 Å². The highest BCUT2D eigenvalue weighted by Crippen LogP contribution is 2.28. The third-order valence-electron chi connectivity index (χ3n) is 2.72. The van der Waals surface area contributed by atoms with Gasteiger partial charge in [-0.2, -0.15) is 0 Å². The second kappa shape index (κ2) is 7.04. The topological polar surface area (TPSA) is 35.5 Å². The predicted octanol–water partition coefficient (Wildman–Crippen LogP) is 3.57. The maximum absolute atomic E-state index is 10.7. The summed E-state index contributed by atoms with van der Waals surface area (Å²) in [6, 6.07) is 5.19. The first-order chi connectivity index (χ1) is 8.56. The largest absolute Gasteiger partial charge is 0.493 e. The molecule has 0 aliphatic heterocycles. The van der Waals surface area contributed by atoms with Crippen LogP contribution in [0.2, 0.25) is 0 Å². The molecule has 3 nitrogen and oxygen atoms in total. The van der Waals surface area contributed by atoms with Crippen molar-refractivity contribution in [3.63, 3.8) is 0 Å². The van der Waals surface area contributed by atoms with Gasteiger partial charge in [-0.05, 0) is 36.5 Å². The van der Waals surface area contributed by atoms with Crippen LogP contribution in [-0.4, -0.2) is 20.0 Å². The number of hydrogen-bond donors (Lipinski definition) is 0. The maximum Gasteiger partial charge on any atom is 0.161 e. The van der Waals surface area contributed by atoms with E-state index in [0.29, 0.717) is 35.5 Å². The van der Waals surface area contributed by atoms with Crippen molar-refractivity contribution < 1.29 is 14.3 Å². The minimum absolute atomic E-state index is 0.481. The highest BCUT2D eigenvalue weighted by molar-refractivity contribution is 5.76. The molecule has 0 fully saturated rings. The second-order valence-electron chi connectivity index (χ2n) is 5.07. The Balaban J connectivity index is 2.67. The summed E-state index contributed by atoms with van der Waals surface area (Å²) in [5.41, 5.74) is 0.599. The molecule has 0 heterocycles. The van der Waals surface area contributed by atoms with Crippen molar-refractivity contribution in [2.75, 3.05) is 13.7 Å². The van der Waals surface area contributed by atoms with E-state index in [1.807, 2.05) is 0 Å². The molecule has 1 aromatic carbocycles. The van der Waals surface area contributed by atoms with Crippen molar-refractivity contribution in [1.29, 1.82) is 0 Å². The van der Waals surface area contributed by atoms with Crippen LogP contribution in [0.1, 0.15) is 37.6 Å². The van der Waals surface area contributed by atoms with E-state index in [2.05, 4.69) is 20.8 Å². The Morgan fingerprint density at radius 2 is 1.94 bits per heavy atom. The predicted molar refractivity (Wildman–Crippen MR) is 72.5 cm³/mol. The van der Waals surface area contributed by atoms with Crippen LogP contribution in [0.3, 0.4) is 0 Å². The Bertz CT molecular complexity index is 385. The van der Waals surface area contributed by atoms with Crippen LogP contribution in [0.4, 0.5) is 0 Å². The van der Waals surface area contributed by atoms with Gasteiger partial charge in [-0.25, -0.2) is 0 Å². The highest BCUT2D eigenvalue weighted by atomic mass is 16.5. The summed E-state index contributed by atoms with van der Waals surface area (Å²) in [5.74, 6) is 2.44. The van der Waals surface area contributed by atoms with Gasteiger partial charge < -0.3 is 9.47 Å². The summed E-state index contributed by atoms with van der Waals surface area (Å²) < 4.78 is 11.0. The molecule has 0 saturated heterocycles. The van der Waals surface area contributed by atoms with Crippen molar-refractivity contribution in [1.82, 2.24) is 0 Å². The molecule has 0 amide bonds. The van der Waals surface area contributed by atoms with Crippen LogP contribution in [0.5, 0.6) is 11.5 Å². The lowest BCUT2D eigenvalue weighted by Crippen LogP contribution is -2.11. The van der Waals surface area contributed by atoms with Gasteiger partial charge in [-0.15, -0.1) is 0 Å². The molecule has 0 aliphatic carbocycles. The number of carbonyl (C=O) groups excluding carboxylic acids is 1. The maximum atomic E-state index is 10.7. The molecule has 1 aromatic rings. The van der Waals surface area contributed by atoms with Gasteiger partial charge >= 0.3 is 0 Å². The van der Waals surface area contributed by atoms with E-state index in [4.69, 9.17) is 9.47 Å². The summed E-state index contributed by atoms with van der Waals surface area (Å²) in [6.07, 6.45) is 1.93. The number of rotatable bonds is 7. The van der Waals surface area contributed by atoms with Gasteiger partial charge in [0.2, 0.25) is 0 Å². The van der Waals surface area contributed by atoms with Crippen LogP contribution >= 0.6 is 0 Å². The monoisotopic (exact) mass is 250 g/mol. The molecule has 0 aromatic heterocycles. The standard InChI is InChI=1S/C15H22O3/c1-11(2)7-12(3)10-18-15-8-13(9-16)5-6-14(15)17-4/h5-6,8-9,11-12H,7,10H2,1-4H3. The van der Waals surface area contributed by atoms with E-state index < -0.39 is 0 Å². The third-order valence-corrected chi connectivity index (χ3v) is 2.72. The van der Waals surface area contributed by atoms with Crippen LogP contribution < -0.4 is 9.47 Å². The molecule has 0 saturated carbocycles. The minimum Gasteiger partial charge on any atom is -0.493 e. The number of hydrogen-bond acceptors (Lipinski definition) is 3. The van der Waals surface area contributed by atoms with E-state index in [1.165, 1.54) is 0 Å². The fourth-order valence-electron chi connectivity index (χ4n) is 1.98. The van der Waals surface area contributed by atoms with Gasteiger partial charge in [0.05, 0.1) is 13.7 Å². The molecule has 100 valence electrons. The van der Waals surface area contributed by atoms with E-state index in [0.717, 1.165) is 12.7 Å². The first-order valence-electron chi connectivity index (χ1n) is 6.32. The summed E-state index contributed by atoms with van der Waals surface area (Å²) in [5, 5.41) is 0. The highest BCUT2D eigenvalue weighted by Gasteiger charge is 2.09.